The maximum Gasteiger partial charge on any atom is 0.282 e. The van der Waals surface area contributed by atoms with Gasteiger partial charge in [-0.2, -0.15) is 0 Å². The molecule has 0 fully saturated rings. The summed E-state index contributed by atoms with van der Waals surface area (Å²) >= 11 is 0.888. The number of nitro groups is 1. The summed E-state index contributed by atoms with van der Waals surface area (Å²) in [5.41, 5.74) is -0.470. The van der Waals surface area contributed by atoms with Crippen molar-refractivity contribution in [1.82, 2.24) is 10.2 Å². The number of carbonyl (C=O) groups excluding carboxylic acids is 1. The molecule has 0 bridgehead atoms. The van der Waals surface area contributed by atoms with Crippen molar-refractivity contribution < 1.29 is 18.1 Å². The smallest absolute Gasteiger partial charge is 0.282 e. The van der Waals surface area contributed by atoms with Crippen molar-refractivity contribution in [3.05, 3.63) is 75.3 Å². The highest BCUT2D eigenvalue weighted by atomic mass is 32.2. The normalized spacial score (nSPS) is 11.1. The highest BCUT2D eigenvalue weighted by Gasteiger charge is 2.22. The van der Waals surface area contributed by atoms with Gasteiger partial charge in [-0.25, -0.2) is 8.42 Å². The number of benzene rings is 2. The topological polar surface area (TPSA) is 132 Å². The predicted octanol–water partition coefficient (Wildman–Crippen LogP) is 2.67. The van der Waals surface area contributed by atoms with Crippen LogP contribution >= 0.6 is 11.3 Å². The first-order valence-electron chi connectivity index (χ1n) is 7.52. The van der Waals surface area contributed by atoms with E-state index in [-0.39, 0.29) is 32.0 Å². The van der Waals surface area contributed by atoms with E-state index < -0.39 is 20.7 Å². The number of hydrogen-bond acceptors (Lipinski definition) is 8. The molecule has 0 aliphatic rings. The average molecular weight is 404 g/mol. The summed E-state index contributed by atoms with van der Waals surface area (Å²) in [5, 5.41) is 21.2. The Morgan fingerprint density at radius 2 is 1.74 bits per heavy atom. The number of amides is 1. The number of nitrogens with one attached hydrogen (secondary N) is 1. The molecule has 1 N–H and O–H groups in total. The second kappa shape index (κ2) is 7.60. The SMILES string of the molecule is O=C(Nc1nnc(CS(=O)(=O)c2ccccc2)s1)c1ccccc1[N+](=O)[O-]. The van der Waals surface area contributed by atoms with Crippen LogP contribution in [0.2, 0.25) is 0 Å². The summed E-state index contributed by atoms with van der Waals surface area (Å²) in [4.78, 5) is 22.8. The van der Waals surface area contributed by atoms with Gasteiger partial charge in [0.25, 0.3) is 11.6 Å². The van der Waals surface area contributed by atoms with E-state index in [1.807, 2.05) is 0 Å². The molecule has 2 aromatic carbocycles. The van der Waals surface area contributed by atoms with Gasteiger partial charge in [0.2, 0.25) is 5.13 Å². The molecule has 1 heterocycles. The molecule has 0 radical (unpaired) electrons. The molecule has 1 amide bonds. The van der Waals surface area contributed by atoms with Gasteiger partial charge in [0.1, 0.15) is 16.3 Å². The van der Waals surface area contributed by atoms with Crippen LogP contribution in [-0.4, -0.2) is 29.4 Å². The number of nitro benzene ring substituents is 1. The van der Waals surface area contributed by atoms with Crippen molar-refractivity contribution in [1.29, 1.82) is 0 Å². The fourth-order valence-electron chi connectivity index (χ4n) is 2.23. The zero-order valence-electron chi connectivity index (χ0n) is 13.6. The van der Waals surface area contributed by atoms with Gasteiger partial charge in [-0.15, -0.1) is 10.2 Å². The molecule has 0 saturated carbocycles. The van der Waals surface area contributed by atoms with E-state index >= 15 is 0 Å². The molecule has 0 spiro atoms. The highest BCUT2D eigenvalue weighted by molar-refractivity contribution is 7.90. The number of rotatable bonds is 6. The quantitative estimate of drug-likeness (QED) is 0.493. The van der Waals surface area contributed by atoms with Gasteiger partial charge in [-0.05, 0) is 18.2 Å². The fourth-order valence-corrected chi connectivity index (χ4v) is 4.58. The van der Waals surface area contributed by atoms with E-state index in [2.05, 4.69) is 15.5 Å². The Bertz CT molecular complexity index is 1100. The Hall–Kier alpha value is -3.18. The van der Waals surface area contributed by atoms with Crippen molar-refractivity contribution in [2.24, 2.45) is 0 Å². The van der Waals surface area contributed by atoms with Crippen LogP contribution in [0.1, 0.15) is 15.4 Å². The lowest BCUT2D eigenvalue weighted by atomic mass is 10.1. The third kappa shape index (κ3) is 4.33. The summed E-state index contributed by atoms with van der Waals surface area (Å²) < 4.78 is 24.7. The Morgan fingerprint density at radius 1 is 1.07 bits per heavy atom. The number of carbonyl (C=O) groups is 1. The fraction of sp³-hybridized carbons (Fsp3) is 0.0625. The summed E-state index contributed by atoms with van der Waals surface area (Å²) in [6.07, 6.45) is 0. The van der Waals surface area contributed by atoms with E-state index in [1.165, 1.54) is 36.4 Å². The van der Waals surface area contributed by atoms with Crippen LogP contribution in [0.4, 0.5) is 10.8 Å². The molecule has 0 aliphatic carbocycles. The van der Waals surface area contributed by atoms with Crippen LogP contribution in [0, 0.1) is 10.1 Å². The van der Waals surface area contributed by atoms with Crippen molar-refractivity contribution in [2.45, 2.75) is 10.6 Å². The van der Waals surface area contributed by atoms with Crippen molar-refractivity contribution in [3.63, 3.8) is 0 Å². The number of sulfone groups is 1. The minimum absolute atomic E-state index is 0.0522. The van der Waals surface area contributed by atoms with Crippen LogP contribution in [0.3, 0.4) is 0 Å². The first kappa shape index (κ1) is 18.6. The summed E-state index contributed by atoms with van der Waals surface area (Å²) in [5.74, 6) is -1.09. The Balaban J connectivity index is 1.75. The molecule has 0 unspecified atom stereocenters. The largest absolute Gasteiger partial charge is 0.296 e. The molecular weight excluding hydrogens is 392 g/mol. The molecule has 27 heavy (non-hydrogen) atoms. The Morgan fingerprint density at radius 3 is 2.44 bits per heavy atom. The maximum atomic E-state index is 12.4. The van der Waals surface area contributed by atoms with Crippen molar-refractivity contribution in [2.75, 3.05) is 5.32 Å². The Labute approximate surface area is 157 Å². The molecule has 11 heteroatoms. The zero-order chi connectivity index (χ0) is 19.4. The molecule has 3 rings (SSSR count). The lowest BCUT2D eigenvalue weighted by molar-refractivity contribution is -0.385. The summed E-state index contributed by atoms with van der Waals surface area (Å²) in [7, 11) is -3.59. The first-order valence-corrected chi connectivity index (χ1v) is 9.98. The molecule has 9 nitrogen and oxygen atoms in total. The van der Waals surface area contributed by atoms with Crippen LogP contribution < -0.4 is 5.32 Å². The number of hydrogen-bond donors (Lipinski definition) is 1. The van der Waals surface area contributed by atoms with E-state index in [4.69, 9.17) is 0 Å². The van der Waals surface area contributed by atoms with Crippen LogP contribution in [-0.2, 0) is 15.6 Å². The monoisotopic (exact) mass is 404 g/mol. The lowest BCUT2D eigenvalue weighted by Gasteiger charge is -2.02. The zero-order valence-corrected chi connectivity index (χ0v) is 15.2. The van der Waals surface area contributed by atoms with E-state index in [1.54, 1.807) is 18.2 Å². The molecular formula is C16H12N4O5S2. The van der Waals surface area contributed by atoms with Crippen molar-refractivity contribution in [3.8, 4) is 0 Å². The lowest BCUT2D eigenvalue weighted by Crippen LogP contribution is -2.13. The number of anilines is 1. The van der Waals surface area contributed by atoms with Crippen LogP contribution in [0.25, 0.3) is 0 Å². The molecule has 0 aliphatic heterocycles. The van der Waals surface area contributed by atoms with E-state index in [9.17, 15) is 23.3 Å². The number of aromatic nitrogens is 2. The Kier molecular flexibility index (Phi) is 5.23. The van der Waals surface area contributed by atoms with Gasteiger partial charge in [0.15, 0.2) is 9.84 Å². The third-order valence-corrected chi connectivity index (χ3v) is 6.11. The van der Waals surface area contributed by atoms with E-state index in [0.29, 0.717) is 0 Å². The van der Waals surface area contributed by atoms with Crippen molar-refractivity contribution >= 4 is 37.9 Å². The van der Waals surface area contributed by atoms with E-state index in [0.717, 1.165) is 11.3 Å². The minimum Gasteiger partial charge on any atom is -0.296 e. The first-order chi connectivity index (χ1) is 12.9. The predicted molar refractivity (Wildman–Crippen MR) is 98.3 cm³/mol. The molecule has 1 aromatic heterocycles. The highest BCUT2D eigenvalue weighted by Crippen LogP contribution is 2.23. The molecule has 0 saturated heterocycles. The number of nitrogens with zero attached hydrogens (tertiary/aromatic N) is 3. The minimum atomic E-state index is -3.59. The second-order valence-electron chi connectivity index (χ2n) is 5.30. The molecule has 138 valence electrons. The molecule has 3 aromatic rings. The number of para-hydroxylation sites is 1. The van der Waals surface area contributed by atoms with Gasteiger partial charge < -0.3 is 0 Å². The van der Waals surface area contributed by atoms with Crippen LogP contribution in [0.15, 0.2) is 59.5 Å². The van der Waals surface area contributed by atoms with Gasteiger partial charge >= 0.3 is 0 Å². The van der Waals surface area contributed by atoms with Gasteiger partial charge in [0, 0.05) is 6.07 Å². The van der Waals surface area contributed by atoms with Gasteiger partial charge in [-0.1, -0.05) is 41.7 Å². The average Bonchev–Trinajstić information content (AvgIpc) is 3.08. The standard InChI is InChI=1S/C16H12N4O5S2/c21-15(12-8-4-5-9-13(12)20(22)23)17-16-19-18-14(26-16)10-27(24,25)11-6-2-1-3-7-11/h1-9H,10H2,(H,17,19,21). The summed E-state index contributed by atoms with van der Waals surface area (Å²) in [6, 6.07) is 13.4. The second-order valence-corrected chi connectivity index (χ2v) is 8.35. The van der Waals surface area contributed by atoms with Gasteiger partial charge in [-0.3, -0.25) is 20.2 Å². The molecule has 0 atom stereocenters. The maximum absolute atomic E-state index is 12.4. The third-order valence-electron chi connectivity index (χ3n) is 3.45. The van der Waals surface area contributed by atoms with Gasteiger partial charge in [0.05, 0.1) is 9.82 Å². The summed E-state index contributed by atoms with van der Waals surface area (Å²) in [6.45, 7) is 0. The van der Waals surface area contributed by atoms with Crippen LogP contribution in [0.5, 0.6) is 0 Å².